The van der Waals surface area contributed by atoms with Gasteiger partial charge in [-0.2, -0.15) is 0 Å². The van der Waals surface area contributed by atoms with Crippen LogP contribution in [0.4, 0.5) is 11.4 Å². The van der Waals surface area contributed by atoms with E-state index in [2.05, 4.69) is 0 Å². The van der Waals surface area contributed by atoms with E-state index in [1.165, 1.54) is 0 Å². The van der Waals surface area contributed by atoms with Crippen LogP contribution in [-0.2, 0) is 9.59 Å². The normalized spacial score (nSPS) is 17.3. The van der Waals surface area contributed by atoms with Crippen LogP contribution in [0.5, 0.6) is 0 Å². The van der Waals surface area contributed by atoms with E-state index in [1.54, 1.807) is 30.3 Å². The maximum atomic E-state index is 12.8. The average molecular weight is 332 g/mol. The largest absolute Gasteiger partial charge is 0.288 e. The quantitative estimate of drug-likeness (QED) is 0.590. The second-order valence-corrected chi connectivity index (χ2v) is 6.00. The summed E-state index contributed by atoms with van der Waals surface area (Å²) in [6.07, 6.45) is -0.0585. The standard InChI is InChI=1S/C20H16N2O3/c23-19-13-18(22(25)16-8-2-1-3-9-16)20(24)21(19)17-11-10-14-6-4-5-7-15(14)12-17/h1-12,18,25H,13H2/t18-/m1/s1. The number of benzene rings is 3. The number of hydroxylamine groups is 1. The molecular formula is C20H16N2O3. The minimum absolute atomic E-state index is 0.0585. The molecule has 0 bridgehead atoms. The summed E-state index contributed by atoms with van der Waals surface area (Å²) in [5.74, 6) is -0.744. The SMILES string of the molecule is O=C1C[C@@H](N(O)c2ccccc2)C(=O)N1c1ccc2ccccc2c1. The first-order valence-electron chi connectivity index (χ1n) is 8.04. The van der Waals surface area contributed by atoms with Gasteiger partial charge in [-0.3, -0.25) is 14.8 Å². The zero-order valence-corrected chi connectivity index (χ0v) is 13.4. The Balaban J connectivity index is 1.66. The molecule has 0 unspecified atom stereocenters. The summed E-state index contributed by atoms with van der Waals surface area (Å²) in [6, 6.07) is 21.0. The number of para-hydroxylation sites is 1. The summed E-state index contributed by atoms with van der Waals surface area (Å²) in [5.41, 5.74) is 1.01. The van der Waals surface area contributed by atoms with Crippen LogP contribution in [0, 0.1) is 0 Å². The van der Waals surface area contributed by atoms with Gasteiger partial charge in [-0.05, 0) is 35.0 Å². The van der Waals surface area contributed by atoms with Crippen LogP contribution in [0.15, 0.2) is 72.8 Å². The highest BCUT2D eigenvalue weighted by molar-refractivity contribution is 6.23. The van der Waals surface area contributed by atoms with Crippen molar-refractivity contribution in [1.82, 2.24) is 0 Å². The van der Waals surface area contributed by atoms with E-state index in [4.69, 9.17) is 0 Å². The summed E-state index contributed by atoms with van der Waals surface area (Å²) >= 11 is 0. The zero-order chi connectivity index (χ0) is 17.4. The van der Waals surface area contributed by atoms with Crippen LogP contribution < -0.4 is 9.96 Å². The third kappa shape index (κ3) is 2.64. The number of fused-ring (bicyclic) bond motifs is 1. The van der Waals surface area contributed by atoms with Crippen LogP contribution in [0.1, 0.15) is 6.42 Å². The molecule has 5 nitrogen and oxygen atoms in total. The van der Waals surface area contributed by atoms with Gasteiger partial charge in [0.1, 0.15) is 6.04 Å². The lowest BCUT2D eigenvalue weighted by Crippen LogP contribution is -2.40. The van der Waals surface area contributed by atoms with E-state index in [0.29, 0.717) is 11.4 Å². The predicted octanol–water partition coefficient (Wildman–Crippen LogP) is 3.37. The Morgan fingerprint density at radius 2 is 1.56 bits per heavy atom. The zero-order valence-electron chi connectivity index (χ0n) is 13.4. The van der Waals surface area contributed by atoms with Crippen LogP contribution in [0.2, 0.25) is 0 Å². The lowest BCUT2D eigenvalue weighted by Gasteiger charge is -2.22. The topological polar surface area (TPSA) is 60.9 Å². The van der Waals surface area contributed by atoms with Gasteiger partial charge in [-0.25, -0.2) is 9.96 Å². The molecule has 0 aromatic heterocycles. The highest BCUT2D eigenvalue weighted by atomic mass is 16.5. The summed E-state index contributed by atoms with van der Waals surface area (Å²) in [4.78, 5) is 26.4. The van der Waals surface area contributed by atoms with Crippen molar-refractivity contribution >= 4 is 34.0 Å². The van der Waals surface area contributed by atoms with Gasteiger partial charge in [0.15, 0.2) is 0 Å². The fourth-order valence-electron chi connectivity index (χ4n) is 3.15. The van der Waals surface area contributed by atoms with Crippen LogP contribution >= 0.6 is 0 Å². The Hall–Kier alpha value is -3.18. The highest BCUT2D eigenvalue weighted by Crippen LogP contribution is 2.29. The fourth-order valence-corrected chi connectivity index (χ4v) is 3.15. The first-order chi connectivity index (χ1) is 12.1. The second-order valence-electron chi connectivity index (χ2n) is 6.00. The van der Waals surface area contributed by atoms with E-state index in [-0.39, 0.29) is 12.3 Å². The molecule has 25 heavy (non-hydrogen) atoms. The Kier molecular flexibility index (Phi) is 3.71. The predicted molar refractivity (Wildman–Crippen MR) is 95.6 cm³/mol. The van der Waals surface area contributed by atoms with E-state index in [0.717, 1.165) is 20.7 Å². The van der Waals surface area contributed by atoms with E-state index >= 15 is 0 Å². The maximum absolute atomic E-state index is 12.8. The number of rotatable bonds is 3. The molecule has 2 amide bonds. The van der Waals surface area contributed by atoms with Gasteiger partial charge in [-0.15, -0.1) is 0 Å². The number of carbonyl (C=O) groups excluding carboxylic acids is 2. The molecule has 4 rings (SSSR count). The molecule has 1 fully saturated rings. The van der Waals surface area contributed by atoms with Crippen molar-refractivity contribution in [3.8, 4) is 0 Å². The number of nitrogens with zero attached hydrogens (tertiary/aromatic N) is 2. The van der Waals surface area contributed by atoms with Gasteiger partial charge in [0, 0.05) is 0 Å². The molecule has 0 radical (unpaired) electrons. The Labute approximate surface area is 144 Å². The van der Waals surface area contributed by atoms with Gasteiger partial charge in [0.25, 0.3) is 5.91 Å². The van der Waals surface area contributed by atoms with Crippen molar-refractivity contribution < 1.29 is 14.8 Å². The van der Waals surface area contributed by atoms with Gasteiger partial charge < -0.3 is 0 Å². The molecule has 1 aliphatic heterocycles. The Morgan fingerprint density at radius 3 is 2.32 bits per heavy atom. The molecule has 1 atom stereocenters. The number of amides is 2. The van der Waals surface area contributed by atoms with Gasteiger partial charge >= 0.3 is 0 Å². The molecule has 0 spiro atoms. The lowest BCUT2D eigenvalue weighted by molar-refractivity contribution is -0.121. The third-order valence-electron chi connectivity index (χ3n) is 4.43. The summed E-state index contributed by atoms with van der Waals surface area (Å²) < 4.78 is 0. The van der Waals surface area contributed by atoms with Crippen molar-refractivity contribution in [3.63, 3.8) is 0 Å². The van der Waals surface area contributed by atoms with Crippen molar-refractivity contribution in [3.05, 3.63) is 72.8 Å². The average Bonchev–Trinajstić information content (AvgIpc) is 2.95. The molecule has 0 saturated carbocycles. The molecule has 1 aliphatic rings. The first kappa shape index (κ1) is 15.4. The number of hydrogen-bond donors (Lipinski definition) is 1. The Morgan fingerprint density at radius 1 is 0.880 bits per heavy atom. The smallest absolute Gasteiger partial charge is 0.259 e. The van der Waals surface area contributed by atoms with Crippen molar-refractivity contribution in [2.24, 2.45) is 0 Å². The Bertz CT molecular complexity index is 955. The molecule has 1 heterocycles. The van der Waals surface area contributed by atoms with Gasteiger partial charge in [0.2, 0.25) is 5.91 Å². The fraction of sp³-hybridized carbons (Fsp3) is 0.100. The molecule has 0 aliphatic carbocycles. The first-order valence-corrected chi connectivity index (χ1v) is 8.04. The van der Waals surface area contributed by atoms with Crippen molar-refractivity contribution in [1.29, 1.82) is 0 Å². The third-order valence-corrected chi connectivity index (χ3v) is 4.43. The second kappa shape index (κ2) is 6.03. The minimum Gasteiger partial charge on any atom is -0.288 e. The van der Waals surface area contributed by atoms with E-state index < -0.39 is 11.9 Å². The minimum atomic E-state index is -0.915. The number of carbonyl (C=O) groups is 2. The maximum Gasteiger partial charge on any atom is 0.259 e. The van der Waals surface area contributed by atoms with Crippen molar-refractivity contribution in [2.45, 2.75) is 12.5 Å². The van der Waals surface area contributed by atoms with Crippen LogP contribution in [-0.4, -0.2) is 23.1 Å². The van der Waals surface area contributed by atoms with Gasteiger partial charge in [-0.1, -0.05) is 48.5 Å². The molecule has 124 valence electrons. The summed E-state index contributed by atoms with van der Waals surface area (Å²) in [7, 11) is 0. The van der Waals surface area contributed by atoms with Crippen LogP contribution in [0.3, 0.4) is 0 Å². The van der Waals surface area contributed by atoms with Gasteiger partial charge in [0.05, 0.1) is 17.8 Å². The highest BCUT2D eigenvalue weighted by Gasteiger charge is 2.43. The number of hydrogen-bond acceptors (Lipinski definition) is 4. The summed E-state index contributed by atoms with van der Waals surface area (Å²) in [6.45, 7) is 0. The van der Waals surface area contributed by atoms with E-state index in [1.807, 2.05) is 42.5 Å². The monoisotopic (exact) mass is 332 g/mol. The molecule has 3 aromatic rings. The van der Waals surface area contributed by atoms with Crippen molar-refractivity contribution in [2.75, 3.05) is 9.96 Å². The summed E-state index contributed by atoms with van der Waals surface area (Å²) in [5, 5.41) is 13.2. The molecule has 1 N–H and O–H groups in total. The molecule has 3 aromatic carbocycles. The van der Waals surface area contributed by atoms with Crippen LogP contribution in [0.25, 0.3) is 10.8 Å². The lowest BCUT2D eigenvalue weighted by atomic mass is 10.1. The number of imide groups is 1. The van der Waals surface area contributed by atoms with E-state index in [9.17, 15) is 14.8 Å². The molecule has 5 heteroatoms. The number of anilines is 2. The molecule has 1 saturated heterocycles. The molecular weight excluding hydrogens is 316 g/mol.